The molecular weight excluding hydrogens is 282 g/mol. The molecular formula is C16H13N3O3. The molecule has 1 atom stereocenters. The van der Waals surface area contributed by atoms with Gasteiger partial charge in [0.15, 0.2) is 17.6 Å². The molecule has 0 fully saturated rings. The topological polar surface area (TPSA) is 66.2 Å². The molecule has 1 aliphatic heterocycles. The quantitative estimate of drug-likeness (QED) is 0.719. The van der Waals surface area contributed by atoms with E-state index in [1.54, 1.807) is 23.0 Å². The highest BCUT2D eigenvalue weighted by atomic mass is 16.6. The number of para-hydroxylation sites is 2. The van der Waals surface area contributed by atoms with Gasteiger partial charge in [0, 0.05) is 6.20 Å². The Kier molecular flexibility index (Phi) is 3.00. The van der Waals surface area contributed by atoms with Crippen LogP contribution >= 0.6 is 0 Å². The van der Waals surface area contributed by atoms with Gasteiger partial charge in [0.1, 0.15) is 6.61 Å². The average molecular weight is 295 g/mol. The molecule has 0 N–H and O–H groups in total. The highest BCUT2D eigenvalue weighted by Gasteiger charge is 2.21. The third kappa shape index (κ3) is 2.18. The third-order valence-corrected chi connectivity index (χ3v) is 3.60. The van der Waals surface area contributed by atoms with Crippen molar-refractivity contribution in [1.29, 1.82) is 0 Å². The first-order chi connectivity index (χ1) is 10.8. The van der Waals surface area contributed by atoms with Crippen molar-refractivity contribution in [3.8, 4) is 11.5 Å². The number of rotatable bonds is 2. The number of aromatic nitrogens is 3. The summed E-state index contributed by atoms with van der Waals surface area (Å²) >= 11 is 0. The van der Waals surface area contributed by atoms with Crippen LogP contribution in [-0.2, 0) is 6.54 Å². The van der Waals surface area contributed by atoms with E-state index in [4.69, 9.17) is 9.47 Å². The van der Waals surface area contributed by atoms with Crippen LogP contribution in [0.25, 0.3) is 10.9 Å². The number of hydrogen-bond acceptors (Lipinski definition) is 5. The number of benzene rings is 1. The van der Waals surface area contributed by atoms with Gasteiger partial charge in [-0.05, 0) is 18.2 Å². The summed E-state index contributed by atoms with van der Waals surface area (Å²) in [5.74, 6) is 1.43. The second kappa shape index (κ2) is 5.14. The maximum Gasteiger partial charge on any atom is 0.261 e. The van der Waals surface area contributed by atoms with Gasteiger partial charge in [0.05, 0.1) is 30.0 Å². The van der Waals surface area contributed by atoms with Crippen LogP contribution in [0, 0.1) is 0 Å². The molecule has 4 rings (SSSR count). The summed E-state index contributed by atoms with van der Waals surface area (Å²) in [4.78, 5) is 20.7. The van der Waals surface area contributed by atoms with E-state index >= 15 is 0 Å². The molecule has 0 amide bonds. The molecule has 3 heterocycles. The van der Waals surface area contributed by atoms with Crippen molar-refractivity contribution >= 4 is 10.9 Å². The van der Waals surface area contributed by atoms with Crippen LogP contribution < -0.4 is 15.0 Å². The number of fused-ring (bicyclic) bond motifs is 2. The van der Waals surface area contributed by atoms with E-state index in [1.807, 2.05) is 24.3 Å². The van der Waals surface area contributed by atoms with E-state index in [0.717, 1.165) is 5.75 Å². The Bertz CT molecular complexity index is 891. The van der Waals surface area contributed by atoms with Crippen LogP contribution in [0.15, 0.2) is 53.8 Å². The zero-order chi connectivity index (χ0) is 14.9. The number of ether oxygens (including phenoxy) is 2. The van der Waals surface area contributed by atoms with Gasteiger partial charge in [-0.1, -0.05) is 12.1 Å². The SMILES string of the molecule is O=c1c2ccncc2ncn1C[C@H]1COc2ccccc2O1. The van der Waals surface area contributed by atoms with E-state index < -0.39 is 0 Å². The molecule has 0 unspecified atom stereocenters. The Morgan fingerprint density at radius 3 is 3.00 bits per heavy atom. The van der Waals surface area contributed by atoms with Crippen molar-refractivity contribution in [3.63, 3.8) is 0 Å². The van der Waals surface area contributed by atoms with Crippen molar-refractivity contribution in [2.24, 2.45) is 0 Å². The van der Waals surface area contributed by atoms with Gasteiger partial charge in [0.25, 0.3) is 5.56 Å². The van der Waals surface area contributed by atoms with Crippen molar-refractivity contribution in [2.45, 2.75) is 12.6 Å². The minimum atomic E-state index is -0.228. The fraction of sp³-hybridized carbons (Fsp3) is 0.188. The summed E-state index contributed by atoms with van der Waals surface area (Å²) in [6.45, 7) is 0.788. The molecule has 3 aromatic rings. The summed E-state index contributed by atoms with van der Waals surface area (Å²) < 4.78 is 13.1. The fourth-order valence-corrected chi connectivity index (χ4v) is 2.51. The first-order valence-corrected chi connectivity index (χ1v) is 6.99. The molecule has 6 heteroatoms. The molecule has 0 bridgehead atoms. The largest absolute Gasteiger partial charge is 0.486 e. The lowest BCUT2D eigenvalue weighted by Crippen LogP contribution is -2.36. The highest BCUT2D eigenvalue weighted by Crippen LogP contribution is 2.31. The van der Waals surface area contributed by atoms with Crippen molar-refractivity contribution in [1.82, 2.24) is 14.5 Å². The van der Waals surface area contributed by atoms with Gasteiger partial charge in [-0.15, -0.1) is 0 Å². The standard InChI is InChI=1S/C16H13N3O3/c20-16-12-5-6-17-7-13(12)18-10-19(16)8-11-9-21-14-3-1-2-4-15(14)22-11/h1-7,10-11H,8-9H2/t11-/m0/s1. The minimum Gasteiger partial charge on any atom is -0.486 e. The molecule has 0 saturated heterocycles. The van der Waals surface area contributed by atoms with Gasteiger partial charge < -0.3 is 9.47 Å². The number of pyridine rings is 1. The number of hydrogen-bond donors (Lipinski definition) is 0. The van der Waals surface area contributed by atoms with Crippen molar-refractivity contribution in [3.05, 3.63) is 59.4 Å². The van der Waals surface area contributed by atoms with Crippen LogP contribution in [0.5, 0.6) is 11.5 Å². The van der Waals surface area contributed by atoms with E-state index in [0.29, 0.717) is 29.8 Å². The minimum absolute atomic E-state index is 0.102. The molecule has 2 aromatic heterocycles. The Morgan fingerprint density at radius 1 is 1.23 bits per heavy atom. The molecule has 1 aliphatic rings. The predicted molar refractivity (Wildman–Crippen MR) is 80.2 cm³/mol. The zero-order valence-electron chi connectivity index (χ0n) is 11.7. The van der Waals surface area contributed by atoms with Gasteiger partial charge >= 0.3 is 0 Å². The highest BCUT2D eigenvalue weighted by molar-refractivity contribution is 5.75. The van der Waals surface area contributed by atoms with Crippen molar-refractivity contribution in [2.75, 3.05) is 6.61 Å². The Labute approximate surface area is 126 Å². The normalized spacial score (nSPS) is 16.6. The lowest BCUT2D eigenvalue weighted by molar-refractivity contribution is 0.0777. The summed E-state index contributed by atoms with van der Waals surface area (Å²) in [6, 6.07) is 9.18. The molecule has 0 aliphatic carbocycles. The molecule has 6 nitrogen and oxygen atoms in total. The third-order valence-electron chi connectivity index (χ3n) is 3.60. The molecule has 110 valence electrons. The van der Waals surface area contributed by atoms with Crippen molar-refractivity contribution < 1.29 is 9.47 Å². The van der Waals surface area contributed by atoms with Crippen LogP contribution in [0.4, 0.5) is 0 Å². The van der Waals surface area contributed by atoms with Gasteiger partial charge in [-0.2, -0.15) is 0 Å². The van der Waals surface area contributed by atoms with Gasteiger partial charge in [0.2, 0.25) is 0 Å². The molecule has 0 spiro atoms. The smallest absolute Gasteiger partial charge is 0.261 e. The summed E-state index contributed by atoms with van der Waals surface area (Å²) in [5.41, 5.74) is 0.491. The Balaban J connectivity index is 1.62. The maximum atomic E-state index is 12.4. The monoisotopic (exact) mass is 295 g/mol. The average Bonchev–Trinajstić information content (AvgIpc) is 2.57. The van der Waals surface area contributed by atoms with Crippen LogP contribution in [0.2, 0.25) is 0 Å². The zero-order valence-corrected chi connectivity index (χ0v) is 11.7. The first kappa shape index (κ1) is 12.8. The lowest BCUT2D eigenvalue weighted by Gasteiger charge is -2.26. The van der Waals surface area contributed by atoms with E-state index in [1.165, 1.54) is 6.33 Å². The summed E-state index contributed by atoms with van der Waals surface area (Å²) in [6.07, 6.45) is 4.47. The number of nitrogens with zero attached hydrogens (tertiary/aromatic N) is 3. The second-order valence-corrected chi connectivity index (χ2v) is 5.09. The first-order valence-electron chi connectivity index (χ1n) is 6.99. The van der Waals surface area contributed by atoms with Crippen LogP contribution in [0.1, 0.15) is 0 Å². The Morgan fingerprint density at radius 2 is 2.09 bits per heavy atom. The van der Waals surface area contributed by atoms with Crippen LogP contribution in [-0.4, -0.2) is 27.2 Å². The molecule has 0 radical (unpaired) electrons. The van der Waals surface area contributed by atoms with Gasteiger partial charge in [-0.25, -0.2) is 4.98 Å². The molecule has 0 saturated carbocycles. The van der Waals surface area contributed by atoms with E-state index in [2.05, 4.69) is 9.97 Å². The molecule has 1 aromatic carbocycles. The van der Waals surface area contributed by atoms with Gasteiger partial charge in [-0.3, -0.25) is 14.3 Å². The Hall–Kier alpha value is -2.89. The second-order valence-electron chi connectivity index (χ2n) is 5.09. The summed E-state index contributed by atoms with van der Waals surface area (Å²) in [7, 11) is 0. The van der Waals surface area contributed by atoms with E-state index in [9.17, 15) is 4.79 Å². The maximum absolute atomic E-state index is 12.4. The predicted octanol–water partition coefficient (Wildman–Crippen LogP) is 1.63. The molecule has 22 heavy (non-hydrogen) atoms. The van der Waals surface area contributed by atoms with E-state index in [-0.39, 0.29) is 11.7 Å². The fourth-order valence-electron chi connectivity index (χ4n) is 2.51. The lowest BCUT2D eigenvalue weighted by atomic mass is 10.2. The summed E-state index contributed by atoms with van der Waals surface area (Å²) in [5, 5.41) is 0.551. The van der Waals surface area contributed by atoms with Crippen LogP contribution in [0.3, 0.4) is 0 Å².